The molecular formula is C22H24FNO4S. The normalized spacial score (nSPS) is 13.4. The highest BCUT2D eigenvalue weighted by Gasteiger charge is 2.29. The fraction of sp³-hybridized carbons (Fsp3) is 0.364. The molecule has 7 heteroatoms. The van der Waals surface area contributed by atoms with Crippen molar-refractivity contribution in [3.05, 3.63) is 59.7 Å². The molecule has 2 N–H and O–H groups in total. The van der Waals surface area contributed by atoms with Crippen molar-refractivity contribution >= 4 is 23.8 Å². The second kappa shape index (κ2) is 10.3. The van der Waals surface area contributed by atoms with Crippen molar-refractivity contribution in [3.63, 3.8) is 0 Å². The smallest absolute Gasteiger partial charge is 0.407 e. The largest absolute Gasteiger partial charge is 0.480 e. The van der Waals surface area contributed by atoms with Gasteiger partial charge in [-0.05, 0) is 46.6 Å². The molecule has 0 aromatic heterocycles. The van der Waals surface area contributed by atoms with E-state index in [2.05, 4.69) is 17.4 Å². The maximum absolute atomic E-state index is 12.2. The third kappa shape index (κ3) is 5.29. The number of carbonyl (C=O) groups is 2. The molecule has 1 unspecified atom stereocenters. The maximum atomic E-state index is 12.2. The van der Waals surface area contributed by atoms with Gasteiger partial charge in [0.25, 0.3) is 0 Å². The summed E-state index contributed by atoms with van der Waals surface area (Å²) in [6.07, 6.45) is -0.0355. The van der Waals surface area contributed by atoms with Gasteiger partial charge in [0.1, 0.15) is 12.6 Å². The molecule has 0 heterocycles. The van der Waals surface area contributed by atoms with Crippen LogP contribution < -0.4 is 5.32 Å². The quantitative estimate of drug-likeness (QED) is 0.558. The highest BCUT2D eigenvalue weighted by atomic mass is 32.2. The van der Waals surface area contributed by atoms with Crippen LogP contribution >= 0.6 is 11.8 Å². The standard InChI is InChI=1S/C22H24FNO4S/c23-11-5-12-29-13-10-20(21(25)26)24-22(27)28-14-19-17-8-3-1-6-15(17)16-7-2-4-9-18(16)19/h1-4,6-9,19-20H,5,10-14H2,(H,24,27)(H,25,26). The van der Waals surface area contributed by atoms with Gasteiger partial charge in [-0.15, -0.1) is 0 Å². The molecule has 0 bridgehead atoms. The Labute approximate surface area is 173 Å². The van der Waals surface area contributed by atoms with Crippen LogP contribution in [0.1, 0.15) is 29.9 Å². The van der Waals surface area contributed by atoms with Crippen LogP contribution in [0, 0.1) is 0 Å². The SMILES string of the molecule is O=C(NC(CCSCCCF)C(=O)O)OCC1c2ccccc2-c2ccccc21. The number of aliphatic carboxylic acids is 1. The molecule has 29 heavy (non-hydrogen) atoms. The molecular weight excluding hydrogens is 393 g/mol. The first-order valence-corrected chi connectivity index (χ1v) is 10.7. The van der Waals surface area contributed by atoms with Crippen LogP contribution in [0.5, 0.6) is 0 Å². The van der Waals surface area contributed by atoms with Crippen LogP contribution in [0.4, 0.5) is 9.18 Å². The van der Waals surface area contributed by atoms with E-state index in [1.165, 1.54) is 11.8 Å². The molecule has 1 aliphatic rings. The van der Waals surface area contributed by atoms with Crippen molar-refractivity contribution < 1.29 is 23.8 Å². The van der Waals surface area contributed by atoms with Crippen molar-refractivity contribution in [3.8, 4) is 11.1 Å². The van der Waals surface area contributed by atoms with E-state index < -0.39 is 18.1 Å². The van der Waals surface area contributed by atoms with E-state index in [0.717, 1.165) is 22.3 Å². The Balaban J connectivity index is 1.56. The number of alkyl halides is 1. The van der Waals surface area contributed by atoms with Crippen molar-refractivity contribution in [1.82, 2.24) is 5.32 Å². The van der Waals surface area contributed by atoms with Crippen LogP contribution in [0.25, 0.3) is 11.1 Å². The van der Waals surface area contributed by atoms with Gasteiger partial charge in [0.05, 0.1) is 6.67 Å². The molecule has 0 fully saturated rings. The third-order valence-corrected chi connectivity index (χ3v) is 6.01. The fourth-order valence-corrected chi connectivity index (χ4v) is 4.42. The summed E-state index contributed by atoms with van der Waals surface area (Å²) in [7, 11) is 0. The van der Waals surface area contributed by atoms with Crippen molar-refractivity contribution in [2.45, 2.75) is 24.8 Å². The van der Waals surface area contributed by atoms with Gasteiger partial charge in [0, 0.05) is 5.92 Å². The lowest BCUT2D eigenvalue weighted by Crippen LogP contribution is -2.41. The number of alkyl carbamates (subject to hydrolysis) is 1. The Morgan fingerprint density at radius 2 is 1.69 bits per heavy atom. The van der Waals surface area contributed by atoms with Crippen LogP contribution in [0.2, 0.25) is 0 Å². The number of nitrogens with one attached hydrogen (secondary N) is 1. The highest BCUT2D eigenvalue weighted by Crippen LogP contribution is 2.44. The van der Waals surface area contributed by atoms with Gasteiger partial charge in [-0.1, -0.05) is 48.5 Å². The number of halogens is 1. The van der Waals surface area contributed by atoms with E-state index in [4.69, 9.17) is 4.74 Å². The molecule has 0 radical (unpaired) electrons. The fourth-order valence-electron chi connectivity index (χ4n) is 3.50. The summed E-state index contributed by atoms with van der Waals surface area (Å²) >= 11 is 1.47. The number of carbonyl (C=O) groups excluding carboxylic acids is 1. The van der Waals surface area contributed by atoms with Gasteiger partial charge in [-0.2, -0.15) is 11.8 Å². The van der Waals surface area contributed by atoms with E-state index in [1.807, 2.05) is 36.4 Å². The summed E-state index contributed by atoms with van der Waals surface area (Å²) in [5.74, 6) is -0.0220. The Morgan fingerprint density at radius 1 is 1.07 bits per heavy atom. The number of ether oxygens (including phenoxy) is 1. The molecule has 1 atom stereocenters. The molecule has 5 nitrogen and oxygen atoms in total. The minimum absolute atomic E-state index is 0.0762. The zero-order valence-electron chi connectivity index (χ0n) is 16.0. The molecule has 154 valence electrons. The molecule has 0 aliphatic heterocycles. The Hall–Kier alpha value is -2.54. The summed E-state index contributed by atoms with van der Waals surface area (Å²) in [4.78, 5) is 23.6. The minimum Gasteiger partial charge on any atom is -0.480 e. The predicted molar refractivity (Wildman–Crippen MR) is 112 cm³/mol. The van der Waals surface area contributed by atoms with Crippen LogP contribution in [-0.4, -0.2) is 48.0 Å². The topological polar surface area (TPSA) is 75.6 Å². The zero-order valence-corrected chi connectivity index (χ0v) is 16.8. The molecule has 2 aromatic rings. The number of thioether (sulfide) groups is 1. The zero-order chi connectivity index (χ0) is 20.6. The van der Waals surface area contributed by atoms with Gasteiger partial charge in [-0.25, -0.2) is 9.59 Å². The molecule has 0 saturated carbocycles. The highest BCUT2D eigenvalue weighted by molar-refractivity contribution is 7.99. The average Bonchev–Trinajstić information content (AvgIpc) is 3.05. The van der Waals surface area contributed by atoms with E-state index in [0.29, 0.717) is 17.9 Å². The molecule has 1 amide bonds. The average molecular weight is 418 g/mol. The van der Waals surface area contributed by atoms with Crippen molar-refractivity contribution in [1.29, 1.82) is 0 Å². The van der Waals surface area contributed by atoms with Crippen molar-refractivity contribution in [2.75, 3.05) is 24.8 Å². The number of hydrogen-bond donors (Lipinski definition) is 2. The summed E-state index contributed by atoms with van der Waals surface area (Å²) < 4.78 is 17.5. The number of rotatable bonds is 10. The number of hydrogen-bond acceptors (Lipinski definition) is 4. The van der Waals surface area contributed by atoms with Crippen LogP contribution in [-0.2, 0) is 9.53 Å². The Kier molecular flexibility index (Phi) is 7.52. The lowest BCUT2D eigenvalue weighted by Gasteiger charge is -2.17. The van der Waals surface area contributed by atoms with Gasteiger partial charge >= 0.3 is 12.1 Å². The van der Waals surface area contributed by atoms with Gasteiger partial charge < -0.3 is 15.2 Å². The second-order valence-corrected chi connectivity index (χ2v) is 8.03. The number of benzene rings is 2. The van der Waals surface area contributed by atoms with E-state index in [1.54, 1.807) is 0 Å². The van der Waals surface area contributed by atoms with Gasteiger partial charge in [-0.3, -0.25) is 4.39 Å². The lowest BCUT2D eigenvalue weighted by atomic mass is 9.98. The Morgan fingerprint density at radius 3 is 2.28 bits per heavy atom. The number of amides is 1. The molecule has 3 rings (SSSR count). The number of carboxylic acids is 1. The first kappa shape index (κ1) is 21.2. The van der Waals surface area contributed by atoms with E-state index >= 15 is 0 Å². The molecule has 1 aliphatic carbocycles. The molecule has 2 aromatic carbocycles. The molecule has 0 saturated heterocycles. The summed E-state index contributed by atoms with van der Waals surface area (Å²) in [5.41, 5.74) is 4.46. The monoisotopic (exact) mass is 417 g/mol. The summed E-state index contributed by atoms with van der Waals surface area (Å²) in [5, 5.41) is 11.8. The number of carboxylic acid groups (broad SMARTS) is 1. The summed E-state index contributed by atoms with van der Waals surface area (Å²) in [6.45, 7) is -0.245. The predicted octanol–water partition coefficient (Wildman–Crippen LogP) is 4.46. The van der Waals surface area contributed by atoms with Crippen LogP contribution in [0.15, 0.2) is 48.5 Å². The van der Waals surface area contributed by atoms with E-state index in [-0.39, 0.29) is 25.6 Å². The molecule has 0 spiro atoms. The maximum Gasteiger partial charge on any atom is 0.407 e. The van der Waals surface area contributed by atoms with Gasteiger partial charge in [0.2, 0.25) is 0 Å². The van der Waals surface area contributed by atoms with Crippen LogP contribution in [0.3, 0.4) is 0 Å². The lowest BCUT2D eigenvalue weighted by molar-refractivity contribution is -0.139. The first-order chi connectivity index (χ1) is 14.1. The van der Waals surface area contributed by atoms with E-state index in [9.17, 15) is 19.1 Å². The summed E-state index contributed by atoms with van der Waals surface area (Å²) in [6, 6.07) is 15.0. The second-order valence-electron chi connectivity index (χ2n) is 6.80. The first-order valence-electron chi connectivity index (χ1n) is 9.60. The van der Waals surface area contributed by atoms with Gasteiger partial charge in [0.15, 0.2) is 0 Å². The number of fused-ring (bicyclic) bond motifs is 3. The van der Waals surface area contributed by atoms with Crippen molar-refractivity contribution in [2.24, 2.45) is 0 Å². The Bertz CT molecular complexity index is 815. The minimum atomic E-state index is -1.11. The third-order valence-electron chi connectivity index (χ3n) is 4.91.